The summed E-state index contributed by atoms with van der Waals surface area (Å²) < 4.78 is 16.7. The van der Waals surface area contributed by atoms with Gasteiger partial charge in [0, 0.05) is 6.42 Å². The third kappa shape index (κ3) is 3.92. The molecule has 7 heteroatoms. The van der Waals surface area contributed by atoms with Gasteiger partial charge >= 0.3 is 0 Å². The van der Waals surface area contributed by atoms with Crippen molar-refractivity contribution in [2.45, 2.75) is 32.1 Å². The maximum atomic E-state index is 12.5. The predicted molar refractivity (Wildman–Crippen MR) is 96.3 cm³/mol. The van der Waals surface area contributed by atoms with Crippen LogP contribution < -0.4 is 14.8 Å². The highest BCUT2D eigenvalue weighted by atomic mass is 16.6. The SMILES string of the molecule is C[C@@H]1Oc2ccccc2O[C@H]1C(=O)NCc1nc(Cc2ccccc2)no1. The average Bonchev–Trinajstić information content (AvgIpc) is 3.13. The van der Waals surface area contributed by atoms with Crippen LogP contribution in [0.4, 0.5) is 0 Å². The fraction of sp³-hybridized carbons (Fsp3) is 0.250. The van der Waals surface area contributed by atoms with Crippen LogP contribution in [-0.4, -0.2) is 28.3 Å². The van der Waals surface area contributed by atoms with E-state index in [0.29, 0.717) is 29.6 Å². The summed E-state index contributed by atoms with van der Waals surface area (Å²) in [6.07, 6.45) is -0.575. The molecular weight excluding hydrogens is 346 g/mol. The molecule has 0 fully saturated rings. The summed E-state index contributed by atoms with van der Waals surface area (Å²) in [5.41, 5.74) is 1.09. The van der Waals surface area contributed by atoms with Gasteiger partial charge in [-0.25, -0.2) is 0 Å². The number of ether oxygens (including phenoxy) is 2. The first-order valence-corrected chi connectivity index (χ1v) is 8.74. The Kier molecular flexibility index (Phi) is 4.74. The van der Waals surface area contributed by atoms with E-state index >= 15 is 0 Å². The fourth-order valence-corrected chi connectivity index (χ4v) is 2.88. The average molecular weight is 365 g/mol. The number of aromatic nitrogens is 2. The Morgan fingerprint density at radius 3 is 2.52 bits per heavy atom. The highest BCUT2D eigenvalue weighted by Crippen LogP contribution is 2.33. The van der Waals surface area contributed by atoms with Crippen molar-refractivity contribution in [3.63, 3.8) is 0 Å². The predicted octanol–water partition coefficient (Wildman–Crippen LogP) is 2.51. The molecule has 0 saturated carbocycles. The summed E-state index contributed by atoms with van der Waals surface area (Å²) in [6, 6.07) is 17.1. The van der Waals surface area contributed by atoms with Crippen molar-refractivity contribution in [1.29, 1.82) is 0 Å². The minimum absolute atomic E-state index is 0.134. The Morgan fingerprint density at radius 2 is 1.74 bits per heavy atom. The molecule has 1 N–H and O–H groups in total. The van der Waals surface area contributed by atoms with Gasteiger partial charge in [-0.1, -0.05) is 47.6 Å². The molecule has 0 bridgehead atoms. The lowest BCUT2D eigenvalue weighted by Gasteiger charge is -2.30. The van der Waals surface area contributed by atoms with Crippen LogP contribution in [-0.2, 0) is 17.8 Å². The summed E-state index contributed by atoms with van der Waals surface area (Å²) >= 11 is 0. The van der Waals surface area contributed by atoms with Crippen molar-refractivity contribution in [2.75, 3.05) is 0 Å². The van der Waals surface area contributed by atoms with Gasteiger partial charge in [0.15, 0.2) is 17.3 Å². The maximum absolute atomic E-state index is 12.5. The zero-order chi connectivity index (χ0) is 18.6. The van der Waals surface area contributed by atoms with Crippen molar-refractivity contribution in [1.82, 2.24) is 15.5 Å². The van der Waals surface area contributed by atoms with E-state index in [1.54, 1.807) is 13.0 Å². The van der Waals surface area contributed by atoms with Gasteiger partial charge in [0.05, 0.1) is 6.54 Å². The van der Waals surface area contributed by atoms with E-state index < -0.39 is 12.2 Å². The molecule has 0 radical (unpaired) electrons. The molecule has 0 aliphatic carbocycles. The molecule has 0 spiro atoms. The second-order valence-electron chi connectivity index (χ2n) is 6.29. The van der Waals surface area contributed by atoms with Crippen molar-refractivity contribution in [3.8, 4) is 11.5 Å². The van der Waals surface area contributed by atoms with Gasteiger partial charge in [-0.3, -0.25) is 4.79 Å². The van der Waals surface area contributed by atoms with E-state index in [4.69, 9.17) is 14.0 Å². The van der Waals surface area contributed by atoms with Crippen molar-refractivity contribution in [2.24, 2.45) is 0 Å². The van der Waals surface area contributed by atoms with E-state index in [1.165, 1.54) is 0 Å². The van der Waals surface area contributed by atoms with Crippen LogP contribution in [0.5, 0.6) is 11.5 Å². The summed E-state index contributed by atoms with van der Waals surface area (Å²) in [6.45, 7) is 1.93. The molecule has 2 atom stereocenters. The highest BCUT2D eigenvalue weighted by Gasteiger charge is 2.34. The second kappa shape index (κ2) is 7.49. The van der Waals surface area contributed by atoms with Crippen LogP contribution in [0.1, 0.15) is 24.2 Å². The first kappa shape index (κ1) is 17.1. The molecule has 1 aliphatic rings. The Labute approximate surface area is 156 Å². The zero-order valence-electron chi connectivity index (χ0n) is 14.8. The molecule has 0 unspecified atom stereocenters. The zero-order valence-corrected chi connectivity index (χ0v) is 14.8. The largest absolute Gasteiger partial charge is 0.482 e. The number of nitrogens with one attached hydrogen (secondary N) is 1. The molecule has 27 heavy (non-hydrogen) atoms. The quantitative estimate of drug-likeness (QED) is 0.748. The van der Waals surface area contributed by atoms with Gasteiger partial charge in [-0.05, 0) is 24.6 Å². The highest BCUT2D eigenvalue weighted by molar-refractivity contribution is 5.82. The normalized spacial score (nSPS) is 18.1. The number of hydrogen-bond donors (Lipinski definition) is 1. The minimum atomic E-state index is -0.744. The van der Waals surface area contributed by atoms with Gasteiger partial charge < -0.3 is 19.3 Å². The second-order valence-corrected chi connectivity index (χ2v) is 6.29. The third-order valence-corrected chi connectivity index (χ3v) is 4.23. The lowest BCUT2D eigenvalue weighted by molar-refractivity contribution is -0.133. The lowest BCUT2D eigenvalue weighted by atomic mass is 10.1. The van der Waals surface area contributed by atoms with E-state index in [-0.39, 0.29) is 12.5 Å². The van der Waals surface area contributed by atoms with Crippen molar-refractivity contribution >= 4 is 5.91 Å². The van der Waals surface area contributed by atoms with Gasteiger partial charge in [0.2, 0.25) is 12.0 Å². The summed E-state index contributed by atoms with van der Waals surface area (Å²) in [7, 11) is 0. The molecule has 7 nitrogen and oxygen atoms in total. The van der Waals surface area contributed by atoms with Crippen molar-refractivity contribution in [3.05, 3.63) is 71.9 Å². The van der Waals surface area contributed by atoms with Gasteiger partial charge in [-0.15, -0.1) is 0 Å². The first-order valence-electron chi connectivity index (χ1n) is 8.74. The molecular formula is C20H19N3O4. The number of carbonyl (C=O) groups is 1. The van der Waals surface area contributed by atoms with E-state index in [1.807, 2.05) is 48.5 Å². The molecule has 4 rings (SSSR count). The standard InChI is InChI=1S/C20H19N3O4/c1-13-19(26-16-10-6-5-9-15(16)25-13)20(24)21-12-18-22-17(23-27-18)11-14-7-3-2-4-8-14/h2-10,13,19H,11-12H2,1H3,(H,21,24)/t13-,19+/m0/s1. The number of benzene rings is 2. The van der Waals surface area contributed by atoms with Crippen LogP contribution in [0.15, 0.2) is 59.1 Å². The number of amides is 1. The molecule has 0 saturated heterocycles. The van der Waals surface area contributed by atoms with Crippen molar-refractivity contribution < 1.29 is 18.8 Å². The Morgan fingerprint density at radius 1 is 1.04 bits per heavy atom. The number of fused-ring (bicyclic) bond motifs is 1. The smallest absolute Gasteiger partial charge is 0.265 e. The third-order valence-electron chi connectivity index (χ3n) is 4.23. The molecule has 2 heterocycles. The van der Waals surface area contributed by atoms with Crippen LogP contribution in [0, 0.1) is 0 Å². The number of carbonyl (C=O) groups excluding carboxylic acids is 1. The maximum Gasteiger partial charge on any atom is 0.265 e. The Balaban J connectivity index is 1.34. The summed E-state index contributed by atoms with van der Waals surface area (Å²) in [5.74, 6) is 1.82. The van der Waals surface area contributed by atoms with E-state index in [9.17, 15) is 4.79 Å². The van der Waals surface area contributed by atoms with Crippen LogP contribution in [0.3, 0.4) is 0 Å². The summed E-state index contributed by atoms with van der Waals surface area (Å²) in [5, 5.41) is 6.72. The van der Waals surface area contributed by atoms with E-state index in [0.717, 1.165) is 5.56 Å². The molecule has 1 aromatic heterocycles. The Bertz CT molecular complexity index is 926. The first-order chi connectivity index (χ1) is 13.2. The topological polar surface area (TPSA) is 86.5 Å². The fourth-order valence-electron chi connectivity index (χ4n) is 2.88. The molecule has 1 aliphatic heterocycles. The number of hydrogen-bond acceptors (Lipinski definition) is 6. The van der Waals surface area contributed by atoms with Gasteiger partial charge in [0.1, 0.15) is 6.10 Å². The Hall–Kier alpha value is -3.35. The van der Waals surface area contributed by atoms with Crippen LogP contribution >= 0.6 is 0 Å². The number of nitrogens with zero attached hydrogens (tertiary/aromatic N) is 2. The van der Waals surface area contributed by atoms with Crippen LogP contribution in [0.2, 0.25) is 0 Å². The van der Waals surface area contributed by atoms with Crippen LogP contribution in [0.25, 0.3) is 0 Å². The number of para-hydroxylation sites is 2. The molecule has 3 aromatic rings. The monoisotopic (exact) mass is 365 g/mol. The van der Waals surface area contributed by atoms with Gasteiger partial charge in [-0.2, -0.15) is 4.98 Å². The summed E-state index contributed by atoms with van der Waals surface area (Å²) in [4.78, 5) is 16.8. The lowest BCUT2D eigenvalue weighted by Crippen LogP contribution is -2.48. The van der Waals surface area contributed by atoms with Gasteiger partial charge in [0.25, 0.3) is 5.91 Å². The molecule has 2 aromatic carbocycles. The number of rotatable bonds is 5. The molecule has 138 valence electrons. The van der Waals surface area contributed by atoms with E-state index in [2.05, 4.69) is 15.5 Å². The minimum Gasteiger partial charge on any atom is -0.482 e. The molecule has 1 amide bonds.